The van der Waals surface area contributed by atoms with E-state index >= 15 is 0 Å². The quantitative estimate of drug-likeness (QED) is 0.180. The van der Waals surface area contributed by atoms with Crippen molar-refractivity contribution in [3.63, 3.8) is 0 Å². The first-order chi connectivity index (χ1) is 29.0. The summed E-state index contributed by atoms with van der Waals surface area (Å²) < 4.78 is 4.82. The molecule has 4 nitrogen and oxygen atoms in total. The molecule has 13 rings (SSSR count). The fourth-order valence-corrected chi connectivity index (χ4v) is 10.5. The van der Waals surface area contributed by atoms with Gasteiger partial charge in [-0.05, 0) is 98.4 Å². The van der Waals surface area contributed by atoms with Gasteiger partial charge >= 0.3 is 0 Å². The molecule has 1 aliphatic rings. The summed E-state index contributed by atoms with van der Waals surface area (Å²) in [5, 5.41) is 9.78. The van der Waals surface area contributed by atoms with Gasteiger partial charge in [0.2, 0.25) is 0 Å². The van der Waals surface area contributed by atoms with Crippen LogP contribution in [-0.2, 0) is 5.41 Å². The van der Waals surface area contributed by atoms with E-state index in [1.165, 1.54) is 76.4 Å². The van der Waals surface area contributed by atoms with Crippen molar-refractivity contribution in [1.29, 1.82) is 0 Å². The predicted octanol–water partition coefficient (Wildman–Crippen LogP) is 14.1. The average molecular weight is 753 g/mol. The molecule has 4 heteroatoms. The Balaban J connectivity index is 1.15. The Bertz CT molecular complexity index is 3770. The van der Waals surface area contributed by atoms with E-state index in [1.54, 1.807) is 0 Å². The minimum Gasteiger partial charge on any atom is -0.309 e. The highest BCUT2D eigenvalue weighted by molar-refractivity contribution is 6.22. The maximum Gasteiger partial charge on any atom is 0.165 e. The largest absolute Gasteiger partial charge is 0.309 e. The van der Waals surface area contributed by atoms with Crippen molar-refractivity contribution in [2.75, 3.05) is 0 Å². The first-order valence-corrected chi connectivity index (χ1v) is 20.4. The minimum atomic E-state index is -0.229. The van der Waals surface area contributed by atoms with Crippen LogP contribution in [0.1, 0.15) is 25.0 Å². The van der Waals surface area contributed by atoms with Crippen LogP contribution in [0.2, 0.25) is 0 Å². The van der Waals surface area contributed by atoms with Crippen LogP contribution in [-0.4, -0.2) is 19.1 Å². The predicted molar refractivity (Wildman–Crippen MR) is 246 cm³/mol. The molecule has 0 N–H and O–H groups in total. The fourth-order valence-electron chi connectivity index (χ4n) is 10.5. The normalized spacial score (nSPS) is 13.4. The monoisotopic (exact) mass is 752 g/mol. The number of benzene rings is 9. The van der Waals surface area contributed by atoms with Gasteiger partial charge in [0.1, 0.15) is 5.69 Å². The molecule has 12 aromatic rings. The summed E-state index contributed by atoms with van der Waals surface area (Å²) in [6, 6.07) is 66.3. The van der Waals surface area contributed by atoms with Crippen molar-refractivity contribution in [1.82, 2.24) is 19.1 Å². The van der Waals surface area contributed by atoms with E-state index in [1.807, 2.05) is 0 Å². The molecule has 0 bridgehead atoms. The van der Waals surface area contributed by atoms with Crippen LogP contribution in [0.5, 0.6) is 0 Å². The summed E-state index contributed by atoms with van der Waals surface area (Å²) in [4.78, 5) is 11.1. The molecule has 276 valence electrons. The maximum absolute atomic E-state index is 5.58. The minimum absolute atomic E-state index is 0.229. The number of fused-ring (bicyclic) bond motifs is 13. The van der Waals surface area contributed by atoms with Crippen molar-refractivity contribution in [2.45, 2.75) is 19.3 Å². The smallest absolute Gasteiger partial charge is 0.165 e. The summed E-state index contributed by atoms with van der Waals surface area (Å²) in [7, 11) is 0. The number of para-hydroxylation sites is 3. The van der Waals surface area contributed by atoms with E-state index in [0.29, 0.717) is 0 Å². The molecule has 0 saturated carbocycles. The van der Waals surface area contributed by atoms with E-state index in [-0.39, 0.29) is 5.41 Å². The number of rotatable bonds is 3. The van der Waals surface area contributed by atoms with Gasteiger partial charge < -0.3 is 4.57 Å². The van der Waals surface area contributed by atoms with Crippen molar-refractivity contribution >= 4 is 76.2 Å². The molecule has 0 saturated heterocycles. The lowest BCUT2D eigenvalue weighted by atomic mass is 9.79. The third kappa shape index (κ3) is 4.43. The molecule has 0 spiro atoms. The standard InChI is InChI=1S/C55H36N4/c1-55(2)44-22-9-7-18-38(44)40-20-13-21-41(52(40)55)53-54(57-46-24-11-10-23-45(46)56-53)59-48-29-27-36(32-43(48)51-37-17-6-5-14-33(37)26-28-49(51)59)58-47-25-12-8-19-39(47)42-30-34-15-3-4-16-35(34)31-50(42)58/h3-32H,1-2H3. The number of hydrogen-bond donors (Lipinski definition) is 0. The molecule has 3 aromatic heterocycles. The van der Waals surface area contributed by atoms with Crippen LogP contribution >= 0.6 is 0 Å². The second kappa shape index (κ2) is 11.7. The van der Waals surface area contributed by atoms with Gasteiger partial charge in [-0.1, -0.05) is 141 Å². The molecule has 0 fully saturated rings. The summed E-state index contributed by atoms with van der Waals surface area (Å²) >= 11 is 0. The van der Waals surface area contributed by atoms with Gasteiger partial charge in [-0.15, -0.1) is 0 Å². The lowest BCUT2D eigenvalue weighted by Crippen LogP contribution is -2.17. The Morgan fingerprint density at radius 2 is 1.05 bits per heavy atom. The second-order valence-corrected chi connectivity index (χ2v) is 16.6. The Labute approximate surface area is 340 Å². The topological polar surface area (TPSA) is 35.6 Å². The first-order valence-electron chi connectivity index (χ1n) is 20.4. The molecule has 9 aromatic carbocycles. The lowest BCUT2D eigenvalue weighted by Gasteiger charge is -2.25. The molecule has 3 heterocycles. The van der Waals surface area contributed by atoms with Gasteiger partial charge in [-0.25, -0.2) is 9.97 Å². The maximum atomic E-state index is 5.58. The summed E-state index contributed by atoms with van der Waals surface area (Å²) in [6.07, 6.45) is 0. The average Bonchev–Trinajstić information content (AvgIpc) is 3.87. The highest BCUT2D eigenvalue weighted by atomic mass is 15.1. The lowest BCUT2D eigenvalue weighted by molar-refractivity contribution is 0.661. The fraction of sp³-hybridized carbons (Fsp3) is 0.0545. The van der Waals surface area contributed by atoms with Crippen molar-refractivity contribution in [2.24, 2.45) is 0 Å². The van der Waals surface area contributed by atoms with E-state index in [9.17, 15) is 0 Å². The third-order valence-corrected chi connectivity index (χ3v) is 13.0. The van der Waals surface area contributed by atoms with E-state index < -0.39 is 0 Å². The number of hydrogen-bond acceptors (Lipinski definition) is 2. The SMILES string of the molecule is CC1(C)c2ccccc2-c2cccc(-c3nc4ccccc4nc3-n3c4ccc(-n5c6ccccc6c6cc7ccccc7cc65)cc4c4c5ccccc5ccc43)c21. The molecule has 59 heavy (non-hydrogen) atoms. The van der Waals surface area contributed by atoms with Crippen molar-refractivity contribution in [3.05, 3.63) is 193 Å². The van der Waals surface area contributed by atoms with Crippen LogP contribution in [0.3, 0.4) is 0 Å². The Morgan fingerprint density at radius 1 is 0.407 bits per heavy atom. The van der Waals surface area contributed by atoms with Gasteiger partial charge in [0.05, 0.1) is 33.1 Å². The highest BCUT2D eigenvalue weighted by Gasteiger charge is 2.38. The van der Waals surface area contributed by atoms with Gasteiger partial charge in [-0.3, -0.25) is 4.57 Å². The van der Waals surface area contributed by atoms with Crippen LogP contribution in [0, 0.1) is 0 Å². The van der Waals surface area contributed by atoms with Crippen molar-refractivity contribution in [3.8, 4) is 33.9 Å². The second-order valence-electron chi connectivity index (χ2n) is 16.6. The summed E-state index contributed by atoms with van der Waals surface area (Å²) in [6.45, 7) is 4.70. The van der Waals surface area contributed by atoms with Crippen LogP contribution in [0.4, 0.5) is 0 Å². The zero-order valence-electron chi connectivity index (χ0n) is 32.6. The van der Waals surface area contributed by atoms with E-state index in [0.717, 1.165) is 44.8 Å². The molecule has 0 aliphatic heterocycles. The zero-order chi connectivity index (χ0) is 39.0. The van der Waals surface area contributed by atoms with Crippen LogP contribution < -0.4 is 0 Å². The van der Waals surface area contributed by atoms with Gasteiger partial charge in [0, 0.05) is 38.2 Å². The Hall–Kier alpha value is -7.56. The van der Waals surface area contributed by atoms with E-state index in [2.05, 4.69) is 205 Å². The Kier molecular flexibility index (Phi) is 6.48. The zero-order valence-corrected chi connectivity index (χ0v) is 32.6. The van der Waals surface area contributed by atoms with Crippen LogP contribution in [0.25, 0.3) is 110 Å². The van der Waals surface area contributed by atoms with Gasteiger partial charge in [0.25, 0.3) is 0 Å². The molecule has 0 radical (unpaired) electrons. The summed E-state index contributed by atoms with van der Waals surface area (Å²) in [5.41, 5.74) is 14.4. The number of nitrogens with zero attached hydrogens (tertiary/aromatic N) is 4. The molecule has 0 unspecified atom stereocenters. The molecular formula is C55H36N4. The molecule has 0 atom stereocenters. The van der Waals surface area contributed by atoms with Crippen LogP contribution in [0.15, 0.2) is 182 Å². The number of aromatic nitrogens is 4. The first kappa shape index (κ1) is 32.5. The van der Waals surface area contributed by atoms with Crippen molar-refractivity contribution < 1.29 is 0 Å². The Morgan fingerprint density at radius 3 is 1.92 bits per heavy atom. The van der Waals surface area contributed by atoms with E-state index in [4.69, 9.17) is 9.97 Å². The van der Waals surface area contributed by atoms with Gasteiger partial charge in [-0.2, -0.15) is 0 Å². The molecular weight excluding hydrogens is 717 g/mol. The molecule has 1 aliphatic carbocycles. The molecule has 0 amide bonds. The summed E-state index contributed by atoms with van der Waals surface area (Å²) in [5.74, 6) is 0.829. The third-order valence-electron chi connectivity index (χ3n) is 13.0. The highest BCUT2D eigenvalue weighted by Crippen LogP contribution is 2.53. The van der Waals surface area contributed by atoms with Gasteiger partial charge in [0.15, 0.2) is 5.82 Å².